The quantitative estimate of drug-likeness (QED) is 0.359. The molecular weight excluding hydrogens is 236 g/mol. The van der Waals surface area contributed by atoms with Crippen molar-refractivity contribution in [1.82, 2.24) is 0 Å². The summed E-state index contributed by atoms with van der Waals surface area (Å²) in [5.74, 6) is -2.34. The Balaban J connectivity index is 2.96. The minimum atomic E-state index is -1.48. The lowest BCUT2D eigenvalue weighted by molar-refractivity contribution is -0.140. The maximum Gasteiger partial charge on any atom is 0.343 e. The number of aliphatic carboxylic acids is 2. The molecule has 1 aromatic rings. The van der Waals surface area contributed by atoms with Crippen molar-refractivity contribution < 1.29 is 24.5 Å². The van der Waals surface area contributed by atoms with E-state index in [1.165, 1.54) is 13.2 Å². The lowest BCUT2D eigenvalue weighted by Crippen LogP contribution is -2.10. The molecule has 1 rings (SSSR count). The Morgan fingerprint density at radius 1 is 1.17 bits per heavy atom. The summed E-state index contributed by atoms with van der Waals surface area (Å²) in [6.07, 6.45) is 3.96. The van der Waals surface area contributed by atoms with Crippen LogP contribution in [0.1, 0.15) is 5.56 Å². The molecule has 0 heterocycles. The number of allylic oxidation sites excluding steroid dienone is 2. The molecule has 0 aliphatic rings. The fourth-order valence-electron chi connectivity index (χ4n) is 1.29. The van der Waals surface area contributed by atoms with Gasteiger partial charge < -0.3 is 14.9 Å². The van der Waals surface area contributed by atoms with Gasteiger partial charge in [0, 0.05) is 5.56 Å². The topological polar surface area (TPSA) is 83.8 Å². The molecule has 0 spiro atoms. The molecule has 0 atom stereocenters. The predicted octanol–water partition coefficient (Wildman–Crippen LogP) is 1.80. The highest BCUT2D eigenvalue weighted by Crippen LogP contribution is 2.18. The SMILES string of the molecule is COc1ccccc1C=CC=C(C(=O)O)C(=O)O. The van der Waals surface area contributed by atoms with Gasteiger partial charge in [-0.05, 0) is 12.1 Å². The minimum absolute atomic E-state index is 0.620. The number of para-hydroxylation sites is 1. The van der Waals surface area contributed by atoms with Gasteiger partial charge in [0.05, 0.1) is 7.11 Å². The van der Waals surface area contributed by atoms with E-state index in [-0.39, 0.29) is 0 Å². The molecule has 5 heteroatoms. The van der Waals surface area contributed by atoms with Crippen LogP contribution in [0.3, 0.4) is 0 Å². The molecule has 5 nitrogen and oxygen atoms in total. The number of benzene rings is 1. The minimum Gasteiger partial charge on any atom is -0.496 e. The smallest absolute Gasteiger partial charge is 0.343 e. The lowest BCUT2D eigenvalue weighted by atomic mass is 10.1. The Morgan fingerprint density at radius 3 is 2.33 bits per heavy atom. The van der Waals surface area contributed by atoms with E-state index in [9.17, 15) is 9.59 Å². The van der Waals surface area contributed by atoms with Crippen molar-refractivity contribution in [1.29, 1.82) is 0 Å². The molecule has 2 N–H and O–H groups in total. The molecule has 0 aliphatic heterocycles. The van der Waals surface area contributed by atoms with Crippen LogP contribution < -0.4 is 4.74 Å². The van der Waals surface area contributed by atoms with Crippen molar-refractivity contribution in [3.05, 3.63) is 47.6 Å². The number of methoxy groups -OCH3 is 1. The zero-order valence-corrected chi connectivity index (χ0v) is 9.66. The van der Waals surface area contributed by atoms with E-state index in [1.807, 2.05) is 0 Å². The Bertz CT molecular complexity index is 498. The number of rotatable bonds is 5. The average molecular weight is 248 g/mol. The van der Waals surface area contributed by atoms with Crippen LogP contribution in [0.5, 0.6) is 5.75 Å². The zero-order chi connectivity index (χ0) is 13.5. The summed E-state index contributed by atoms with van der Waals surface area (Å²) >= 11 is 0. The summed E-state index contributed by atoms with van der Waals surface area (Å²) in [4.78, 5) is 21.2. The highest BCUT2D eigenvalue weighted by atomic mass is 16.5. The molecule has 0 amide bonds. The summed E-state index contributed by atoms with van der Waals surface area (Å²) < 4.78 is 5.09. The van der Waals surface area contributed by atoms with Crippen molar-refractivity contribution >= 4 is 18.0 Å². The number of hydrogen-bond acceptors (Lipinski definition) is 3. The van der Waals surface area contributed by atoms with Crippen LogP contribution in [0.25, 0.3) is 6.08 Å². The van der Waals surface area contributed by atoms with Crippen LogP contribution in [0.2, 0.25) is 0 Å². The third-order valence-electron chi connectivity index (χ3n) is 2.14. The van der Waals surface area contributed by atoms with E-state index >= 15 is 0 Å². The standard InChI is InChI=1S/C13H12O5/c1-18-11-8-3-2-5-9(11)6-4-7-10(12(14)15)13(16)17/h2-8H,1H3,(H,14,15)(H,16,17). The van der Waals surface area contributed by atoms with Gasteiger partial charge in [-0.25, -0.2) is 9.59 Å². The lowest BCUT2D eigenvalue weighted by Gasteiger charge is -2.02. The highest BCUT2D eigenvalue weighted by molar-refractivity contribution is 6.12. The van der Waals surface area contributed by atoms with Crippen molar-refractivity contribution in [3.63, 3.8) is 0 Å². The molecule has 94 valence electrons. The monoisotopic (exact) mass is 248 g/mol. The van der Waals surface area contributed by atoms with Crippen LogP contribution >= 0.6 is 0 Å². The number of carboxylic acids is 2. The van der Waals surface area contributed by atoms with E-state index in [0.717, 1.165) is 11.6 Å². The van der Waals surface area contributed by atoms with Gasteiger partial charge in [0.1, 0.15) is 11.3 Å². The third-order valence-corrected chi connectivity index (χ3v) is 2.14. The average Bonchev–Trinajstić information content (AvgIpc) is 2.34. The van der Waals surface area contributed by atoms with E-state index in [2.05, 4.69) is 0 Å². The van der Waals surface area contributed by atoms with Gasteiger partial charge >= 0.3 is 11.9 Å². The second-order valence-electron chi connectivity index (χ2n) is 3.29. The second kappa shape index (κ2) is 6.24. The number of hydrogen-bond donors (Lipinski definition) is 2. The Kier molecular flexibility index (Phi) is 4.68. The van der Waals surface area contributed by atoms with Crippen molar-refractivity contribution in [2.24, 2.45) is 0 Å². The van der Waals surface area contributed by atoms with Gasteiger partial charge in [-0.2, -0.15) is 0 Å². The fraction of sp³-hybridized carbons (Fsp3) is 0.0769. The van der Waals surface area contributed by atoms with Crippen LogP contribution in [-0.2, 0) is 9.59 Å². The van der Waals surface area contributed by atoms with E-state index in [4.69, 9.17) is 14.9 Å². The van der Waals surface area contributed by atoms with Gasteiger partial charge in [-0.3, -0.25) is 0 Å². The first kappa shape index (κ1) is 13.5. The van der Waals surface area contributed by atoms with Gasteiger partial charge in [0.2, 0.25) is 0 Å². The van der Waals surface area contributed by atoms with Crippen molar-refractivity contribution in [2.75, 3.05) is 7.11 Å². The summed E-state index contributed by atoms with van der Waals surface area (Å²) in [6, 6.07) is 7.11. The van der Waals surface area contributed by atoms with Gasteiger partial charge in [-0.1, -0.05) is 30.4 Å². The first-order valence-electron chi connectivity index (χ1n) is 5.04. The molecule has 0 unspecified atom stereocenters. The van der Waals surface area contributed by atoms with Crippen LogP contribution in [0, 0.1) is 0 Å². The first-order valence-corrected chi connectivity index (χ1v) is 5.04. The number of ether oxygens (including phenoxy) is 1. The van der Waals surface area contributed by atoms with Crippen molar-refractivity contribution in [2.45, 2.75) is 0 Å². The molecule has 18 heavy (non-hydrogen) atoms. The second-order valence-corrected chi connectivity index (χ2v) is 3.29. The Labute approximate surface area is 104 Å². The maximum absolute atomic E-state index is 10.6. The molecule has 0 aromatic heterocycles. The maximum atomic E-state index is 10.6. The van der Waals surface area contributed by atoms with E-state index in [1.54, 1.807) is 30.3 Å². The fourth-order valence-corrected chi connectivity index (χ4v) is 1.29. The van der Waals surface area contributed by atoms with Crippen LogP contribution in [-0.4, -0.2) is 29.3 Å². The van der Waals surface area contributed by atoms with E-state index < -0.39 is 17.5 Å². The molecule has 0 bridgehead atoms. The molecule has 0 aliphatic carbocycles. The summed E-state index contributed by atoms with van der Waals surface area (Å²) in [5, 5.41) is 17.3. The third kappa shape index (κ3) is 3.48. The molecule has 0 fully saturated rings. The summed E-state index contributed by atoms with van der Waals surface area (Å²) in [5.41, 5.74) is 0.0347. The van der Waals surface area contributed by atoms with E-state index in [0.29, 0.717) is 5.75 Å². The normalized spacial score (nSPS) is 10.1. The molecular formula is C13H12O5. The molecule has 0 saturated heterocycles. The number of carbonyl (C=O) groups is 2. The molecule has 0 radical (unpaired) electrons. The van der Waals surface area contributed by atoms with Crippen LogP contribution in [0.15, 0.2) is 42.0 Å². The Hall–Kier alpha value is -2.56. The van der Waals surface area contributed by atoms with Crippen LogP contribution in [0.4, 0.5) is 0 Å². The zero-order valence-electron chi connectivity index (χ0n) is 9.66. The highest BCUT2D eigenvalue weighted by Gasteiger charge is 2.14. The summed E-state index contributed by atoms with van der Waals surface area (Å²) in [6.45, 7) is 0. The van der Waals surface area contributed by atoms with Crippen molar-refractivity contribution in [3.8, 4) is 5.75 Å². The summed E-state index contributed by atoms with van der Waals surface area (Å²) in [7, 11) is 1.52. The largest absolute Gasteiger partial charge is 0.496 e. The first-order chi connectivity index (χ1) is 8.56. The van der Waals surface area contributed by atoms with Gasteiger partial charge in [0.25, 0.3) is 0 Å². The molecule has 0 saturated carbocycles. The Morgan fingerprint density at radius 2 is 1.78 bits per heavy atom. The number of carboxylic acid groups (broad SMARTS) is 2. The van der Waals surface area contributed by atoms with Gasteiger partial charge in [-0.15, -0.1) is 0 Å². The molecule has 1 aromatic carbocycles. The van der Waals surface area contributed by atoms with Gasteiger partial charge in [0.15, 0.2) is 0 Å². The predicted molar refractivity (Wildman–Crippen MR) is 65.4 cm³/mol.